The van der Waals surface area contributed by atoms with Gasteiger partial charge < -0.3 is 4.74 Å². The van der Waals surface area contributed by atoms with Gasteiger partial charge in [0.05, 0.1) is 6.10 Å². The molecule has 4 fully saturated rings. The van der Waals surface area contributed by atoms with E-state index in [0.29, 0.717) is 5.92 Å². The van der Waals surface area contributed by atoms with Crippen LogP contribution in [0, 0.1) is 29.6 Å². The zero-order valence-corrected chi connectivity index (χ0v) is 19.4. The topological polar surface area (TPSA) is 9.23 Å². The van der Waals surface area contributed by atoms with E-state index in [9.17, 15) is 0 Å². The van der Waals surface area contributed by atoms with E-state index >= 15 is 0 Å². The summed E-state index contributed by atoms with van der Waals surface area (Å²) in [6.45, 7) is 4.33. The van der Waals surface area contributed by atoms with Gasteiger partial charge in [-0.3, -0.25) is 0 Å². The molecule has 1 atom stereocenters. The minimum absolute atomic E-state index is 0.0284. The molecule has 0 amide bonds. The molecule has 7 rings (SSSR count). The Hall–Kier alpha value is -2.64. The monoisotopic (exact) mass is 434 g/mol. The van der Waals surface area contributed by atoms with Crippen molar-refractivity contribution in [2.24, 2.45) is 29.6 Å². The third kappa shape index (κ3) is 3.58. The SMILES string of the molecule is C=CC(OC(c1ccccc1)(c1ccccc1)c1ccccc1)C1C2CC3CC(C2)CC1C3. The first-order chi connectivity index (χ1) is 16.3. The number of hydrogen-bond donors (Lipinski definition) is 0. The maximum Gasteiger partial charge on any atom is 0.144 e. The summed E-state index contributed by atoms with van der Waals surface area (Å²) >= 11 is 0. The Kier molecular flexibility index (Phi) is 5.46. The molecule has 168 valence electrons. The third-order valence-corrected chi connectivity index (χ3v) is 8.77. The van der Waals surface area contributed by atoms with Gasteiger partial charge in [-0.2, -0.15) is 0 Å². The summed E-state index contributed by atoms with van der Waals surface area (Å²) in [6.07, 6.45) is 9.18. The summed E-state index contributed by atoms with van der Waals surface area (Å²) in [5.74, 6) is 4.05. The highest BCUT2D eigenvalue weighted by Gasteiger charge is 2.52. The van der Waals surface area contributed by atoms with Crippen molar-refractivity contribution < 1.29 is 4.74 Å². The molecule has 1 unspecified atom stereocenters. The number of ether oxygens (including phenoxy) is 1. The maximum atomic E-state index is 7.45. The lowest BCUT2D eigenvalue weighted by Gasteiger charge is -2.56. The molecule has 1 heteroatoms. The van der Waals surface area contributed by atoms with E-state index < -0.39 is 5.60 Å². The average molecular weight is 435 g/mol. The van der Waals surface area contributed by atoms with Crippen LogP contribution < -0.4 is 0 Å². The lowest BCUT2D eigenvalue weighted by atomic mass is 9.51. The van der Waals surface area contributed by atoms with E-state index in [1.807, 2.05) is 0 Å². The van der Waals surface area contributed by atoms with Crippen molar-refractivity contribution in [3.63, 3.8) is 0 Å². The summed E-state index contributed by atoms with van der Waals surface area (Å²) in [4.78, 5) is 0. The van der Waals surface area contributed by atoms with Crippen molar-refractivity contribution >= 4 is 0 Å². The van der Waals surface area contributed by atoms with Crippen molar-refractivity contribution in [1.82, 2.24) is 0 Å². The highest BCUT2D eigenvalue weighted by atomic mass is 16.5. The van der Waals surface area contributed by atoms with Crippen LogP contribution in [0.1, 0.15) is 48.8 Å². The van der Waals surface area contributed by atoms with Crippen LogP contribution in [-0.4, -0.2) is 6.10 Å². The van der Waals surface area contributed by atoms with Crippen molar-refractivity contribution in [1.29, 1.82) is 0 Å². The van der Waals surface area contributed by atoms with E-state index in [2.05, 4.69) is 104 Å². The van der Waals surface area contributed by atoms with Crippen molar-refractivity contribution in [2.75, 3.05) is 0 Å². The van der Waals surface area contributed by atoms with Gasteiger partial charge in [-0.25, -0.2) is 0 Å². The lowest BCUT2D eigenvalue weighted by molar-refractivity contribution is -0.128. The van der Waals surface area contributed by atoms with E-state index in [1.54, 1.807) is 0 Å². The predicted octanol–water partition coefficient (Wildman–Crippen LogP) is 7.62. The Morgan fingerprint density at radius 3 is 1.39 bits per heavy atom. The summed E-state index contributed by atoms with van der Waals surface area (Å²) in [7, 11) is 0. The molecule has 33 heavy (non-hydrogen) atoms. The molecule has 0 saturated heterocycles. The largest absolute Gasteiger partial charge is 0.353 e. The van der Waals surface area contributed by atoms with Crippen LogP contribution in [0.15, 0.2) is 104 Å². The normalized spacial score (nSPS) is 29.0. The van der Waals surface area contributed by atoms with Crippen molar-refractivity contribution in [3.05, 3.63) is 120 Å². The van der Waals surface area contributed by atoms with Gasteiger partial charge >= 0.3 is 0 Å². The van der Waals surface area contributed by atoms with E-state index in [4.69, 9.17) is 4.74 Å². The quantitative estimate of drug-likeness (QED) is 0.274. The zero-order chi connectivity index (χ0) is 22.3. The van der Waals surface area contributed by atoms with Gasteiger partial charge in [0.2, 0.25) is 0 Å². The zero-order valence-electron chi connectivity index (χ0n) is 19.4. The van der Waals surface area contributed by atoms with Gasteiger partial charge in [-0.1, -0.05) is 97.1 Å². The molecule has 0 spiro atoms. The molecule has 0 radical (unpaired) electrons. The third-order valence-electron chi connectivity index (χ3n) is 8.77. The highest BCUT2D eigenvalue weighted by molar-refractivity contribution is 5.47. The molecule has 1 nitrogen and oxygen atoms in total. The molecule has 3 aromatic carbocycles. The summed E-state index contributed by atoms with van der Waals surface area (Å²) in [5, 5.41) is 0. The van der Waals surface area contributed by atoms with Gasteiger partial charge in [0.25, 0.3) is 0 Å². The highest BCUT2D eigenvalue weighted by Crippen LogP contribution is 2.58. The molecule has 0 aliphatic heterocycles. The minimum Gasteiger partial charge on any atom is -0.353 e. The van der Waals surface area contributed by atoms with E-state index in [-0.39, 0.29) is 6.10 Å². The Morgan fingerprint density at radius 1 is 0.636 bits per heavy atom. The summed E-state index contributed by atoms with van der Waals surface area (Å²) in [6, 6.07) is 32.4. The molecule has 0 heterocycles. The van der Waals surface area contributed by atoms with Gasteiger partial charge in [-0.15, -0.1) is 6.58 Å². The first-order valence-electron chi connectivity index (χ1n) is 12.7. The molecule has 4 aliphatic rings. The fourth-order valence-corrected chi connectivity index (χ4v) is 7.71. The van der Waals surface area contributed by atoms with Crippen molar-refractivity contribution in [2.45, 2.75) is 43.8 Å². The van der Waals surface area contributed by atoms with Gasteiger partial charge in [-0.05, 0) is 78.4 Å². The second-order valence-electron chi connectivity index (χ2n) is 10.6. The van der Waals surface area contributed by atoms with Gasteiger partial charge in [0.15, 0.2) is 0 Å². The number of rotatable bonds is 7. The van der Waals surface area contributed by atoms with E-state index in [0.717, 1.165) is 23.7 Å². The Bertz CT molecular complexity index is 947. The maximum absolute atomic E-state index is 7.45. The Morgan fingerprint density at radius 2 is 1.03 bits per heavy atom. The predicted molar refractivity (Wildman–Crippen MR) is 135 cm³/mol. The Balaban J connectivity index is 1.48. The molecular weight excluding hydrogens is 400 g/mol. The van der Waals surface area contributed by atoms with Gasteiger partial charge in [0, 0.05) is 0 Å². The number of hydrogen-bond acceptors (Lipinski definition) is 1. The first-order valence-corrected chi connectivity index (χ1v) is 12.7. The van der Waals surface area contributed by atoms with Crippen LogP contribution in [0.5, 0.6) is 0 Å². The minimum atomic E-state index is -0.669. The smallest absolute Gasteiger partial charge is 0.144 e. The molecule has 0 N–H and O–H groups in total. The van der Waals surface area contributed by atoms with Gasteiger partial charge in [0.1, 0.15) is 5.60 Å². The lowest BCUT2D eigenvalue weighted by Crippen LogP contribution is -2.51. The standard InChI is InChI=1S/C32H34O/c1-2-30(31-25-19-23-18-24(21-25)22-26(31)20-23)33-32(27-12-6-3-7-13-27,28-14-8-4-9-15-28)29-16-10-5-11-17-29/h2-17,23-26,30-31H,1,18-22H2. The van der Waals surface area contributed by atoms with Crippen LogP contribution >= 0.6 is 0 Å². The molecule has 4 saturated carbocycles. The molecule has 4 bridgehead atoms. The molecule has 4 aliphatic carbocycles. The first kappa shape index (κ1) is 20.9. The fraction of sp³-hybridized carbons (Fsp3) is 0.375. The van der Waals surface area contributed by atoms with Crippen LogP contribution in [-0.2, 0) is 10.3 Å². The molecule has 0 aromatic heterocycles. The molecule has 3 aromatic rings. The summed E-state index contributed by atoms with van der Waals surface area (Å²) < 4.78 is 7.45. The molecular formula is C32H34O. The van der Waals surface area contributed by atoms with Crippen LogP contribution in [0.25, 0.3) is 0 Å². The second-order valence-corrected chi connectivity index (χ2v) is 10.6. The summed E-state index contributed by atoms with van der Waals surface area (Å²) in [5.41, 5.74) is 2.87. The van der Waals surface area contributed by atoms with Crippen LogP contribution in [0.2, 0.25) is 0 Å². The second kappa shape index (κ2) is 8.61. The van der Waals surface area contributed by atoms with Crippen LogP contribution in [0.4, 0.5) is 0 Å². The van der Waals surface area contributed by atoms with Crippen molar-refractivity contribution in [3.8, 4) is 0 Å². The van der Waals surface area contributed by atoms with E-state index in [1.165, 1.54) is 48.8 Å². The average Bonchev–Trinajstić information content (AvgIpc) is 2.87. The number of benzene rings is 3. The Labute approximate surface area is 198 Å². The fourth-order valence-electron chi connectivity index (χ4n) is 7.71. The van der Waals surface area contributed by atoms with Crippen LogP contribution in [0.3, 0.4) is 0 Å².